The third kappa shape index (κ3) is 5.64. The molecule has 0 atom stereocenters. The molecule has 0 saturated carbocycles. The lowest BCUT2D eigenvalue weighted by atomic mass is 10.2. The van der Waals surface area contributed by atoms with Crippen LogP contribution in [0.1, 0.15) is 12.5 Å². The fourth-order valence-electron chi connectivity index (χ4n) is 2.51. The van der Waals surface area contributed by atoms with Crippen molar-refractivity contribution in [2.75, 3.05) is 20.3 Å². The summed E-state index contributed by atoms with van der Waals surface area (Å²) >= 11 is 4.73. The number of aliphatic imine (C=N–C) groups is 1. The van der Waals surface area contributed by atoms with Gasteiger partial charge in [0.05, 0.1) is 24.3 Å². The van der Waals surface area contributed by atoms with Crippen LogP contribution in [0.15, 0.2) is 56.8 Å². The molecule has 1 saturated heterocycles. The first-order chi connectivity index (χ1) is 14.5. The van der Waals surface area contributed by atoms with E-state index in [9.17, 15) is 9.59 Å². The van der Waals surface area contributed by atoms with Crippen molar-refractivity contribution in [2.45, 2.75) is 6.92 Å². The molecule has 0 aromatic heterocycles. The Labute approximate surface area is 186 Å². The van der Waals surface area contributed by atoms with Gasteiger partial charge in [-0.15, -0.1) is 0 Å². The summed E-state index contributed by atoms with van der Waals surface area (Å²) in [5.74, 6) is 0.111. The number of amides is 1. The molecule has 1 aliphatic rings. The van der Waals surface area contributed by atoms with Crippen LogP contribution in [0.25, 0.3) is 6.08 Å². The van der Waals surface area contributed by atoms with Crippen molar-refractivity contribution in [3.05, 3.63) is 57.4 Å². The maximum absolute atomic E-state index is 12.3. The summed E-state index contributed by atoms with van der Waals surface area (Å²) in [6, 6.07) is 12.8. The first-order valence-electron chi connectivity index (χ1n) is 9.00. The van der Waals surface area contributed by atoms with Gasteiger partial charge in [-0.3, -0.25) is 4.79 Å². The van der Waals surface area contributed by atoms with Gasteiger partial charge in [-0.2, -0.15) is 0 Å². The monoisotopic (exact) mass is 490 g/mol. The summed E-state index contributed by atoms with van der Waals surface area (Å²) in [5.41, 5.74) is 1.47. The molecule has 1 aliphatic heterocycles. The fourth-order valence-corrected chi connectivity index (χ4v) is 3.78. The minimum absolute atomic E-state index is 0.228. The van der Waals surface area contributed by atoms with Crippen molar-refractivity contribution in [3.63, 3.8) is 0 Å². The second-order valence-electron chi connectivity index (χ2n) is 5.94. The van der Waals surface area contributed by atoms with Crippen LogP contribution in [0.3, 0.4) is 0 Å². The number of nitrogens with one attached hydrogen (secondary N) is 1. The fraction of sp³-hybridized carbons (Fsp3) is 0.190. The van der Waals surface area contributed by atoms with Crippen molar-refractivity contribution in [2.24, 2.45) is 4.99 Å². The number of thioether (sulfide) groups is 1. The molecule has 9 heteroatoms. The van der Waals surface area contributed by atoms with E-state index in [1.165, 1.54) is 18.9 Å². The molecule has 0 spiro atoms. The zero-order chi connectivity index (χ0) is 21.5. The van der Waals surface area contributed by atoms with E-state index < -0.39 is 5.97 Å². The maximum Gasteiger partial charge on any atom is 0.344 e. The molecule has 1 N–H and O–H groups in total. The van der Waals surface area contributed by atoms with Crippen LogP contribution in [0, 0.1) is 0 Å². The number of methoxy groups -OCH3 is 1. The van der Waals surface area contributed by atoms with Gasteiger partial charge in [-0.1, -0.05) is 34.1 Å². The van der Waals surface area contributed by atoms with Crippen molar-refractivity contribution in [1.82, 2.24) is 5.32 Å². The topological polar surface area (TPSA) is 86.2 Å². The van der Waals surface area contributed by atoms with E-state index in [4.69, 9.17) is 14.2 Å². The maximum atomic E-state index is 12.3. The number of nitrogens with zero attached hydrogens (tertiary/aromatic N) is 1. The molecule has 3 rings (SSSR count). The Morgan fingerprint density at radius 3 is 2.70 bits per heavy atom. The number of halogens is 1. The van der Waals surface area contributed by atoms with Crippen molar-refractivity contribution in [3.8, 4) is 11.5 Å². The van der Waals surface area contributed by atoms with Crippen LogP contribution in [0.4, 0.5) is 5.69 Å². The van der Waals surface area contributed by atoms with Gasteiger partial charge in [-0.05, 0) is 54.6 Å². The Balaban J connectivity index is 1.80. The molecule has 1 fully saturated rings. The number of carbonyl (C=O) groups excluding carboxylic acids is 2. The predicted molar refractivity (Wildman–Crippen MR) is 120 cm³/mol. The number of rotatable bonds is 7. The minimum Gasteiger partial charge on any atom is -0.493 e. The first kappa shape index (κ1) is 21.9. The number of esters is 1. The molecule has 156 valence electrons. The minimum atomic E-state index is -0.467. The number of hydrogen-bond donors (Lipinski definition) is 1. The van der Waals surface area contributed by atoms with Gasteiger partial charge in [0.25, 0.3) is 5.91 Å². The van der Waals surface area contributed by atoms with Crippen molar-refractivity contribution < 1.29 is 23.8 Å². The molecule has 2 aromatic carbocycles. The van der Waals surface area contributed by atoms with Crippen LogP contribution < -0.4 is 14.8 Å². The summed E-state index contributed by atoms with van der Waals surface area (Å²) < 4.78 is 16.4. The summed E-state index contributed by atoms with van der Waals surface area (Å²) in [4.78, 5) is 28.8. The molecule has 7 nitrogen and oxygen atoms in total. The second-order valence-corrected chi connectivity index (χ2v) is 7.82. The Hall–Kier alpha value is -2.78. The van der Waals surface area contributed by atoms with Crippen LogP contribution in [0.2, 0.25) is 0 Å². The molecule has 1 heterocycles. The van der Waals surface area contributed by atoms with E-state index >= 15 is 0 Å². The second kappa shape index (κ2) is 10.3. The number of benzene rings is 2. The smallest absolute Gasteiger partial charge is 0.344 e. The van der Waals surface area contributed by atoms with Gasteiger partial charge in [0.15, 0.2) is 23.3 Å². The van der Waals surface area contributed by atoms with Crippen LogP contribution in [-0.2, 0) is 14.3 Å². The lowest BCUT2D eigenvalue weighted by Crippen LogP contribution is -2.19. The molecule has 0 bridgehead atoms. The molecule has 1 amide bonds. The standard InChI is InChI=1S/C21H19BrN2O5S/c1-3-28-19(25)12-29-17-11-15(22)13(9-16(17)27-2)10-18-20(26)24-21(30-18)23-14-7-5-4-6-8-14/h4-11H,3,12H2,1-2H3,(H,23,24,26)/b18-10-. The summed E-state index contributed by atoms with van der Waals surface area (Å²) in [6.45, 7) is 1.78. The highest BCUT2D eigenvalue weighted by molar-refractivity contribution is 9.10. The highest BCUT2D eigenvalue weighted by Gasteiger charge is 2.24. The number of amidine groups is 1. The summed E-state index contributed by atoms with van der Waals surface area (Å²) in [6.07, 6.45) is 1.73. The number of hydrogen-bond acceptors (Lipinski definition) is 7. The predicted octanol–water partition coefficient (Wildman–Crippen LogP) is 4.29. The number of para-hydroxylation sites is 1. The van der Waals surface area contributed by atoms with Gasteiger partial charge in [0, 0.05) is 4.47 Å². The van der Waals surface area contributed by atoms with Crippen LogP contribution in [0.5, 0.6) is 11.5 Å². The average Bonchev–Trinajstić information content (AvgIpc) is 3.07. The first-order valence-corrected chi connectivity index (χ1v) is 10.6. The zero-order valence-electron chi connectivity index (χ0n) is 16.3. The third-order valence-electron chi connectivity index (χ3n) is 3.86. The largest absolute Gasteiger partial charge is 0.493 e. The van der Waals surface area contributed by atoms with E-state index in [1.54, 1.807) is 25.1 Å². The lowest BCUT2D eigenvalue weighted by Gasteiger charge is -2.12. The molecular weight excluding hydrogens is 472 g/mol. The quantitative estimate of drug-likeness (QED) is 0.460. The molecule has 2 aromatic rings. The van der Waals surface area contributed by atoms with Crippen molar-refractivity contribution >= 4 is 56.5 Å². The van der Waals surface area contributed by atoms with Gasteiger partial charge >= 0.3 is 5.97 Å². The van der Waals surface area contributed by atoms with E-state index in [1.807, 2.05) is 30.3 Å². The Bertz CT molecular complexity index is 1010. The highest BCUT2D eigenvalue weighted by Crippen LogP contribution is 2.36. The van der Waals surface area contributed by atoms with Gasteiger partial charge in [-0.25, -0.2) is 9.79 Å². The van der Waals surface area contributed by atoms with E-state index in [0.29, 0.717) is 31.6 Å². The number of ether oxygens (including phenoxy) is 3. The molecule has 30 heavy (non-hydrogen) atoms. The average molecular weight is 491 g/mol. The summed E-state index contributed by atoms with van der Waals surface area (Å²) in [7, 11) is 1.50. The zero-order valence-corrected chi connectivity index (χ0v) is 18.7. The van der Waals surface area contributed by atoms with Gasteiger partial charge in [0.1, 0.15) is 0 Å². The Kier molecular flexibility index (Phi) is 7.53. The lowest BCUT2D eigenvalue weighted by molar-refractivity contribution is -0.145. The third-order valence-corrected chi connectivity index (χ3v) is 5.45. The normalized spacial score (nSPS) is 15.9. The van der Waals surface area contributed by atoms with E-state index in [-0.39, 0.29) is 19.1 Å². The molecule has 0 unspecified atom stereocenters. The molecule has 0 radical (unpaired) electrons. The van der Waals surface area contributed by atoms with Crippen LogP contribution >= 0.6 is 27.7 Å². The SMILES string of the molecule is CCOC(=O)COc1cc(Br)c(/C=C2\SC(=Nc3ccccc3)NC2=O)cc1OC. The Morgan fingerprint density at radius 2 is 2.00 bits per heavy atom. The van der Waals surface area contributed by atoms with Gasteiger partial charge < -0.3 is 19.5 Å². The number of carbonyl (C=O) groups is 2. The Morgan fingerprint density at radius 1 is 1.23 bits per heavy atom. The van der Waals surface area contributed by atoms with Crippen molar-refractivity contribution in [1.29, 1.82) is 0 Å². The summed E-state index contributed by atoms with van der Waals surface area (Å²) in [5, 5.41) is 3.27. The van der Waals surface area contributed by atoms with E-state index in [2.05, 4.69) is 26.2 Å². The molecule has 0 aliphatic carbocycles. The molecular formula is C21H19BrN2O5S. The van der Waals surface area contributed by atoms with E-state index in [0.717, 1.165) is 5.69 Å². The van der Waals surface area contributed by atoms with Crippen LogP contribution in [-0.4, -0.2) is 37.4 Å². The van der Waals surface area contributed by atoms with Gasteiger partial charge in [0.2, 0.25) is 0 Å². The highest BCUT2D eigenvalue weighted by atomic mass is 79.9.